The van der Waals surface area contributed by atoms with Crippen LogP contribution in [0.1, 0.15) is 44.9 Å². The largest absolute Gasteiger partial charge is 0.354 e. The van der Waals surface area contributed by atoms with Gasteiger partial charge in [0.25, 0.3) is 0 Å². The average molecular weight is 293 g/mol. The molecule has 1 aliphatic rings. The monoisotopic (exact) mass is 293 g/mol. The van der Waals surface area contributed by atoms with Crippen LogP contribution < -0.4 is 10.2 Å². The van der Waals surface area contributed by atoms with Crippen molar-refractivity contribution >= 4 is 17.6 Å². The van der Waals surface area contributed by atoms with Gasteiger partial charge in [-0.1, -0.05) is 27.7 Å². The van der Waals surface area contributed by atoms with E-state index in [1.807, 2.05) is 7.05 Å². The van der Waals surface area contributed by atoms with Crippen LogP contribution in [0.25, 0.3) is 0 Å². The summed E-state index contributed by atoms with van der Waals surface area (Å²) >= 11 is 2.08. The van der Waals surface area contributed by atoms with E-state index < -0.39 is 0 Å². The van der Waals surface area contributed by atoms with E-state index in [1.54, 1.807) is 0 Å². The summed E-state index contributed by atoms with van der Waals surface area (Å²) in [6, 6.07) is 4.48. The first-order valence-electron chi connectivity index (χ1n) is 7.55. The molecule has 3 nitrogen and oxygen atoms in total. The molecule has 1 aromatic rings. The van der Waals surface area contributed by atoms with Gasteiger partial charge < -0.3 is 10.2 Å². The Kier molecular flexibility index (Phi) is 5.33. The second-order valence-corrected chi connectivity index (χ2v) is 7.99. The topological polar surface area (TPSA) is 28.2 Å². The van der Waals surface area contributed by atoms with E-state index in [4.69, 9.17) is 4.98 Å². The predicted molar refractivity (Wildman–Crippen MR) is 89.8 cm³/mol. The van der Waals surface area contributed by atoms with Crippen LogP contribution in [0.4, 0.5) is 5.82 Å². The third-order valence-electron chi connectivity index (χ3n) is 3.61. The van der Waals surface area contributed by atoms with Crippen molar-refractivity contribution in [2.24, 2.45) is 0 Å². The molecule has 2 atom stereocenters. The van der Waals surface area contributed by atoms with E-state index in [1.165, 1.54) is 11.3 Å². The van der Waals surface area contributed by atoms with Gasteiger partial charge in [-0.15, -0.1) is 0 Å². The van der Waals surface area contributed by atoms with Crippen molar-refractivity contribution in [3.05, 3.63) is 23.4 Å². The van der Waals surface area contributed by atoms with E-state index >= 15 is 0 Å². The van der Waals surface area contributed by atoms with Gasteiger partial charge in [0.2, 0.25) is 0 Å². The summed E-state index contributed by atoms with van der Waals surface area (Å²) in [6.45, 7) is 12.2. The number of thioether (sulfide) groups is 1. The van der Waals surface area contributed by atoms with Gasteiger partial charge in [0.05, 0.1) is 0 Å². The highest BCUT2D eigenvalue weighted by Gasteiger charge is 2.23. The summed E-state index contributed by atoms with van der Waals surface area (Å²) in [4.78, 5) is 7.35. The third-order valence-corrected chi connectivity index (χ3v) is 4.83. The summed E-state index contributed by atoms with van der Waals surface area (Å²) < 4.78 is 0. The highest BCUT2D eigenvalue weighted by molar-refractivity contribution is 8.00. The first kappa shape index (κ1) is 15.6. The van der Waals surface area contributed by atoms with Crippen LogP contribution in [0.3, 0.4) is 0 Å². The van der Waals surface area contributed by atoms with Crippen LogP contribution in [0.15, 0.2) is 12.1 Å². The molecule has 0 bridgehead atoms. The number of pyridine rings is 1. The molecule has 1 fully saturated rings. The molecule has 0 saturated carbocycles. The highest BCUT2D eigenvalue weighted by Crippen LogP contribution is 2.29. The second kappa shape index (κ2) is 6.81. The smallest absolute Gasteiger partial charge is 0.129 e. The Morgan fingerprint density at radius 2 is 1.95 bits per heavy atom. The van der Waals surface area contributed by atoms with Crippen molar-refractivity contribution in [3.63, 3.8) is 0 Å². The first-order chi connectivity index (χ1) is 9.49. The summed E-state index contributed by atoms with van der Waals surface area (Å²) in [7, 11) is 2.00. The molecule has 0 spiro atoms. The molecule has 2 heterocycles. The third kappa shape index (κ3) is 3.89. The Labute approximate surface area is 127 Å². The van der Waals surface area contributed by atoms with Gasteiger partial charge in [0.15, 0.2) is 0 Å². The number of nitrogens with one attached hydrogen (secondary N) is 1. The van der Waals surface area contributed by atoms with E-state index in [2.05, 4.69) is 61.8 Å². The zero-order chi connectivity index (χ0) is 14.7. The highest BCUT2D eigenvalue weighted by atomic mass is 32.2. The SMILES string of the molecule is CNCc1cc(C(C)C)nc(N2CC(C)SC(C)C2)c1. The van der Waals surface area contributed by atoms with Crippen molar-refractivity contribution in [1.82, 2.24) is 10.3 Å². The maximum Gasteiger partial charge on any atom is 0.129 e. The number of nitrogens with zero attached hydrogens (tertiary/aromatic N) is 2. The van der Waals surface area contributed by atoms with Crippen LogP contribution in [-0.2, 0) is 6.54 Å². The lowest BCUT2D eigenvalue weighted by molar-refractivity contribution is 0.707. The summed E-state index contributed by atoms with van der Waals surface area (Å²) in [5, 5.41) is 4.60. The lowest BCUT2D eigenvalue weighted by Crippen LogP contribution is -2.41. The van der Waals surface area contributed by atoms with Gasteiger partial charge >= 0.3 is 0 Å². The van der Waals surface area contributed by atoms with Gasteiger partial charge in [-0.25, -0.2) is 4.98 Å². The number of hydrogen-bond acceptors (Lipinski definition) is 4. The van der Waals surface area contributed by atoms with E-state index in [0.717, 1.165) is 25.5 Å². The second-order valence-electron chi connectivity index (χ2n) is 6.11. The number of rotatable bonds is 4. The van der Waals surface area contributed by atoms with Crippen LogP contribution in [0.2, 0.25) is 0 Å². The molecule has 1 aromatic heterocycles. The molecule has 0 radical (unpaired) electrons. The molecule has 1 N–H and O–H groups in total. The Hall–Kier alpha value is -0.740. The molecule has 4 heteroatoms. The lowest BCUT2D eigenvalue weighted by atomic mass is 10.1. The van der Waals surface area contributed by atoms with Crippen molar-refractivity contribution in [1.29, 1.82) is 0 Å². The van der Waals surface area contributed by atoms with Crippen molar-refractivity contribution < 1.29 is 0 Å². The van der Waals surface area contributed by atoms with E-state index in [0.29, 0.717) is 16.4 Å². The van der Waals surface area contributed by atoms with Crippen LogP contribution in [0.5, 0.6) is 0 Å². The Morgan fingerprint density at radius 3 is 2.50 bits per heavy atom. The number of aromatic nitrogens is 1. The normalized spacial score (nSPS) is 23.4. The zero-order valence-electron chi connectivity index (χ0n) is 13.3. The fourth-order valence-corrected chi connectivity index (χ4v) is 4.05. The maximum atomic E-state index is 4.90. The maximum absolute atomic E-state index is 4.90. The van der Waals surface area contributed by atoms with Crippen LogP contribution >= 0.6 is 11.8 Å². The fraction of sp³-hybridized carbons (Fsp3) is 0.688. The molecule has 2 unspecified atom stereocenters. The van der Waals surface area contributed by atoms with Crippen molar-refractivity contribution in [2.45, 2.75) is 50.7 Å². The molecular formula is C16H27N3S. The van der Waals surface area contributed by atoms with Gasteiger partial charge in [-0.2, -0.15) is 11.8 Å². The fourth-order valence-electron chi connectivity index (χ4n) is 2.72. The predicted octanol–water partition coefficient (Wildman–Crippen LogP) is 3.25. The summed E-state index contributed by atoms with van der Waals surface area (Å²) in [5.41, 5.74) is 2.53. The van der Waals surface area contributed by atoms with E-state index in [9.17, 15) is 0 Å². The molecule has 0 aliphatic carbocycles. The number of hydrogen-bond donors (Lipinski definition) is 1. The zero-order valence-corrected chi connectivity index (χ0v) is 14.1. The quantitative estimate of drug-likeness (QED) is 0.922. The van der Waals surface area contributed by atoms with Crippen LogP contribution in [-0.4, -0.2) is 35.6 Å². The average Bonchev–Trinajstić information content (AvgIpc) is 2.37. The minimum atomic E-state index is 0.472. The van der Waals surface area contributed by atoms with Crippen molar-refractivity contribution in [3.8, 4) is 0 Å². The molecule has 1 aliphatic heterocycles. The molecule has 0 amide bonds. The molecule has 20 heavy (non-hydrogen) atoms. The molecule has 2 rings (SSSR count). The molecule has 112 valence electrons. The molecular weight excluding hydrogens is 266 g/mol. The van der Waals surface area contributed by atoms with Gasteiger partial charge in [0.1, 0.15) is 5.82 Å². The van der Waals surface area contributed by atoms with Gasteiger partial charge in [-0.05, 0) is 30.7 Å². The molecule has 0 aromatic carbocycles. The summed E-state index contributed by atoms with van der Waals surface area (Å²) in [5.74, 6) is 1.63. The first-order valence-corrected chi connectivity index (χ1v) is 8.49. The Bertz CT molecular complexity index is 437. The summed E-state index contributed by atoms with van der Waals surface area (Å²) in [6.07, 6.45) is 0. The standard InChI is InChI=1S/C16H27N3S/c1-11(2)15-6-14(8-17-5)7-16(18-15)19-9-12(3)20-13(4)10-19/h6-7,11-13,17H,8-10H2,1-5H3. The Morgan fingerprint density at radius 1 is 1.30 bits per heavy atom. The minimum Gasteiger partial charge on any atom is -0.354 e. The minimum absolute atomic E-state index is 0.472. The Balaban J connectivity index is 2.29. The molecule has 1 saturated heterocycles. The van der Waals surface area contributed by atoms with Crippen LogP contribution in [0, 0.1) is 0 Å². The lowest BCUT2D eigenvalue weighted by Gasteiger charge is -2.36. The number of anilines is 1. The van der Waals surface area contributed by atoms with Crippen molar-refractivity contribution in [2.75, 3.05) is 25.0 Å². The van der Waals surface area contributed by atoms with Gasteiger partial charge in [0, 0.05) is 35.8 Å². The van der Waals surface area contributed by atoms with E-state index in [-0.39, 0.29) is 0 Å². The van der Waals surface area contributed by atoms with Gasteiger partial charge in [-0.3, -0.25) is 0 Å².